The van der Waals surface area contributed by atoms with E-state index in [1.807, 2.05) is 30.3 Å². The van der Waals surface area contributed by atoms with Gasteiger partial charge < -0.3 is 4.90 Å². The standard InChI is InChI=1S/C15H12N2O/c1-17(14-5-3-2-4-6-14)15(18)8-7-13-9-11-16-12-10-13/h2-6,9-12H,1H3. The molecule has 1 aromatic heterocycles. The molecule has 0 spiro atoms. The van der Waals surface area contributed by atoms with Crippen LogP contribution in [0.3, 0.4) is 0 Å². The lowest BCUT2D eigenvalue weighted by molar-refractivity contribution is -0.113. The summed E-state index contributed by atoms with van der Waals surface area (Å²) in [4.78, 5) is 17.3. The Bertz CT molecular complexity index is 582. The van der Waals surface area contributed by atoms with E-state index in [1.54, 1.807) is 31.6 Å². The van der Waals surface area contributed by atoms with Gasteiger partial charge in [0.1, 0.15) is 0 Å². The van der Waals surface area contributed by atoms with E-state index in [2.05, 4.69) is 16.8 Å². The number of carbonyl (C=O) groups is 1. The van der Waals surface area contributed by atoms with Crippen LogP contribution in [0.1, 0.15) is 5.56 Å². The second kappa shape index (κ2) is 5.65. The smallest absolute Gasteiger partial charge is 0.302 e. The third-order valence-electron chi connectivity index (χ3n) is 2.44. The molecule has 0 unspecified atom stereocenters. The minimum atomic E-state index is -0.238. The van der Waals surface area contributed by atoms with Gasteiger partial charge in [-0.25, -0.2) is 0 Å². The third kappa shape index (κ3) is 2.96. The monoisotopic (exact) mass is 236 g/mol. The molecule has 88 valence electrons. The van der Waals surface area contributed by atoms with Crippen molar-refractivity contribution in [2.75, 3.05) is 11.9 Å². The van der Waals surface area contributed by atoms with Crippen LogP contribution in [-0.4, -0.2) is 17.9 Å². The van der Waals surface area contributed by atoms with E-state index < -0.39 is 0 Å². The van der Waals surface area contributed by atoms with Crippen LogP contribution in [0, 0.1) is 11.8 Å². The topological polar surface area (TPSA) is 33.2 Å². The molecule has 0 aliphatic heterocycles. The van der Waals surface area contributed by atoms with Gasteiger partial charge in [-0.15, -0.1) is 0 Å². The molecule has 0 aliphatic carbocycles. The summed E-state index contributed by atoms with van der Waals surface area (Å²) in [6.07, 6.45) is 3.30. The minimum Gasteiger partial charge on any atom is -0.305 e. The lowest BCUT2D eigenvalue weighted by atomic mass is 10.2. The van der Waals surface area contributed by atoms with Crippen LogP contribution in [-0.2, 0) is 4.79 Å². The molecule has 0 bridgehead atoms. The predicted octanol–water partition coefficient (Wildman–Crippen LogP) is 2.10. The molecule has 2 rings (SSSR count). The van der Waals surface area contributed by atoms with Crippen LogP contribution in [0.4, 0.5) is 5.69 Å². The molecule has 0 fully saturated rings. The zero-order valence-electron chi connectivity index (χ0n) is 10.00. The number of hydrogen-bond acceptors (Lipinski definition) is 2. The molecule has 0 N–H and O–H groups in total. The summed E-state index contributed by atoms with van der Waals surface area (Å²) >= 11 is 0. The summed E-state index contributed by atoms with van der Waals surface area (Å²) in [5.74, 6) is 5.18. The number of aromatic nitrogens is 1. The number of nitrogens with zero attached hydrogens (tertiary/aromatic N) is 2. The summed E-state index contributed by atoms with van der Waals surface area (Å²) < 4.78 is 0. The van der Waals surface area contributed by atoms with Gasteiger partial charge in [-0.1, -0.05) is 24.1 Å². The lowest BCUT2D eigenvalue weighted by Gasteiger charge is -2.13. The maximum Gasteiger partial charge on any atom is 0.302 e. The zero-order valence-corrected chi connectivity index (χ0v) is 10.00. The summed E-state index contributed by atoms with van der Waals surface area (Å²) in [6.45, 7) is 0. The Kier molecular flexibility index (Phi) is 3.72. The van der Waals surface area contributed by atoms with Crippen molar-refractivity contribution in [2.45, 2.75) is 0 Å². The minimum absolute atomic E-state index is 0.238. The molecule has 0 radical (unpaired) electrons. The molecule has 3 nitrogen and oxygen atoms in total. The van der Waals surface area contributed by atoms with Crippen LogP contribution in [0.5, 0.6) is 0 Å². The fourth-order valence-corrected chi connectivity index (χ4v) is 1.41. The van der Waals surface area contributed by atoms with Crippen LogP contribution in [0.25, 0.3) is 0 Å². The van der Waals surface area contributed by atoms with Crippen molar-refractivity contribution >= 4 is 11.6 Å². The molecule has 0 saturated carbocycles. The highest BCUT2D eigenvalue weighted by Gasteiger charge is 2.06. The van der Waals surface area contributed by atoms with E-state index in [0.29, 0.717) is 0 Å². The van der Waals surface area contributed by atoms with Crippen molar-refractivity contribution in [3.8, 4) is 11.8 Å². The molecule has 18 heavy (non-hydrogen) atoms. The van der Waals surface area contributed by atoms with Gasteiger partial charge in [-0.05, 0) is 24.3 Å². The number of benzene rings is 1. The van der Waals surface area contributed by atoms with E-state index in [1.165, 1.54) is 4.90 Å². The molecule has 0 atom stereocenters. The van der Waals surface area contributed by atoms with Gasteiger partial charge in [0, 0.05) is 36.6 Å². The molecule has 0 aliphatic rings. The Morgan fingerprint density at radius 2 is 1.78 bits per heavy atom. The van der Waals surface area contributed by atoms with Crippen molar-refractivity contribution in [1.29, 1.82) is 0 Å². The Hall–Kier alpha value is -2.60. The highest BCUT2D eigenvalue weighted by Crippen LogP contribution is 2.10. The first kappa shape index (κ1) is 11.9. The summed E-state index contributed by atoms with van der Waals surface area (Å²) in [5.41, 5.74) is 1.60. The van der Waals surface area contributed by atoms with Crippen LogP contribution in [0.15, 0.2) is 54.9 Å². The number of anilines is 1. The maximum atomic E-state index is 11.9. The van der Waals surface area contributed by atoms with Gasteiger partial charge in [0.05, 0.1) is 0 Å². The first-order chi connectivity index (χ1) is 8.77. The number of carbonyl (C=O) groups excluding carboxylic acids is 1. The van der Waals surface area contributed by atoms with Gasteiger partial charge in [-0.3, -0.25) is 9.78 Å². The Labute approximate surface area is 106 Å². The summed E-state index contributed by atoms with van der Waals surface area (Å²) in [6, 6.07) is 12.9. The highest BCUT2D eigenvalue weighted by atomic mass is 16.2. The van der Waals surface area contributed by atoms with E-state index in [-0.39, 0.29) is 5.91 Å². The molecule has 0 saturated heterocycles. The van der Waals surface area contributed by atoms with Gasteiger partial charge >= 0.3 is 5.91 Å². The van der Waals surface area contributed by atoms with E-state index in [4.69, 9.17) is 0 Å². The molecule has 3 heteroatoms. The first-order valence-corrected chi connectivity index (χ1v) is 5.52. The van der Waals surface area contributed by atoms with Crippen LogP contribution in [0.2, 0.25) is 0 Å². The van der Waals surface area contributed by atoms with Crippen molar-refractivity contribution < 1.29 is 4.79 Å². The average molecular weight is 236 g/mol. The van der Waals surface area contributed by atoms with Crippen molar-refractivity contribution in [2.24, 2.45) is 0 Å². The third-order valence-corrected chi connectivity index (χ3v) is 2.44. The Morgan fingerprint density at radius 1 is 1.11 bits per heavy atom. The zero-order chi connectivity index (χ0) is 12.8. The number of para-hydroxylation sites is 1. The van der Waals surface area contributed by atoms with Gasteiger partial charge in [0.2, 0.25) is 0 Å². The fourth-order valence-electron chi connectivity index (χ4n) is 1.41. The Balaban J connectivity index is 2.12. The molecule has 1 aromatic carbocycles. The van der Waals surface area contributed by atoms with Crippen molar-refractivity contribution in [3.05, 3.63) is 60.4 Å². The molecule has 1 heterocycles. The predicted molar refractivity (Wildman–Crippen MR) is 71.0 cm³/mol. The quantitative estimate of drug-likeness (QED) is 0.710. The molecule has 2 aromatic rings. The second-order valence-corrected chi connectivity index (χ2v) is 3.69. The lowest BCUT2D eigenvalue weighted by Crippen LogP contribution is -2.24. The number of rotatable bonds is 1. The number of pyridine rings is 1. The van der Waals surface area contributed by atoms with E-state index in [9.17, 15) is 4.79 Å². The highest BCUT2D eigenvalue weighted by molar-refractivity contribution is 6.05. The molecule has 1 amide bonds. The van der Waals surface area contributed by atoms with E-state index >= 15 is 0 Å². The van der Waals surface area contributed by atoms with Gasteiger partial charge in [0.25, 0.3) is 0 Å². The number of amides is 1. The number of hydrogen-bond donors (Lipinski definition) is 0. The fraction of sp³-hybridized carbons (Fsp3) is 0.0667. The van der Waals surface area contributed by atoms with E-state index in [0.717, 1.165) is 11.3 Å². The molecular weight excluding hydrogens is 224 g/mol. The summed E-state index contributed by atoms with van der Waals surface area (Å²) in [5, 5.41) is 0. The normalized spacial score (nSPS) is 9.17. The SMILES string of the molecule is CN(C(=O)C#Cc1ccncc1)c1ccccc1. The van der Waals surface area contributed by atoms with Crippen LogP contribution < -0.4 is 4.90 Å². The first-order valence-electron chi connectivity index (χ1n) is 5.52. The Morgan fingerprint density at radius 3 is 2.44 bits per heavy atom. The van der Waals surface area contributed by atoms with Crippen molar-refractivity contribution in [1.82, 2.24) is 4.98 Å². The van der Waals surface area contributed by atoms with Crippen molar-refractivity contribution in [3.63, 3.8) is 0 Å². The molecular formula is C15H12N2O. The maximum absolute atomic E-state index is 11.9. The largest absolute Gasteiger partial charge is 0.305 e. The second-order valence-electron chi connectivity index (χ2n) is 3.69. The summed E-state index contributed by atoms with van der Waals surface area (Å²) in [7, 11) is 1.71. The average Bonchev–Trinajstić information content (AvgIpc) is 2.46. The van der Waals surface area contributed by atoms with Crippen LogP contribution >= 0.6 is 0 Å². The van der Waals surface area contributed by atoms with Gasteiger partial charge in [-0.2, -0.15) is 0 Å². The van der Waals surface area contributed by atoms with Gasteiger partial charge in [0.15, 0.2) is 0 Å².